The van der Waals surface area contributed by atoms with E-state index in [9.17, 15) is 4.79 Å². The van der Waals surface area contributed by atoms with E-state index in [4.69, 9.17) is 57.9 Å². The van der Waals surface area contributed by atoms with E-state index in [2.05, 4.69) is 93.6 Å². The van der Waals surface area contributed by atoms with Gasteiger partial charge in [0, 0.05) is 18.5 Å². The third-order valence-corrected chi connectivity index (χ3v) is 23.0. The summed E-state index contributed by atoms with van der Waals surface area (Å²) in [5.74, 6) is 1.35. The van der Waals surface area contributed by atoms with E-state index in [-0.39, 0.29) is 39.1 Å². The normalized spacial score (nSPS) is 19.4. The third-order valence-electron chi connectivity index (χ3n) is 12.3. The number of carbonyl (C=O) groups is 2. The molecule has 2 heterocycles. The lowest BCUT2D eigenvalue weighted by atomic mass is 9.93. The van der Waals surface area contributed by atoms with Gasteiger partial charge in [0.15, 0.2) is 20.3 Å². The van der Waals surface area contributed by atoms with Gasteiger partial charge in [-0.3, -0.25) is 4.79 Å². The zero-order valence-electron chi connectivity index (χ0n) is 35.1. The van der Waals surface area contributed by atoms with Crippen LogP contribution < -0.4 is 18.8 Å². The predicted molar refractivity (Wildman–Crippen MR) is 234 cm³/mol. The Labute approximate surface area is 350 Å². The number of nitrogens with zero attached hydrogens (tertiary/aromatic N) is 2. The zero-order valence-corrected chi connectivity index (χ0v) is 39.4. The topological polar surface area (TPSA) is 86.8 Å². The molecule has 1 saturated heterocycles. The van der Waals surface area contributed by atoms with Gasteiger partial charge in [-0.2, -0.15) is 0 Å². The van der Waals surface area contributed by atoms with Gasteiger partial charge >= 0.3 is 6.09 Å². The van der Waals surface area contributed by atoms with Crippen molar-refractivity contribution in [2.75, 3.05) is 32.3 Å². The van der Waals surface area contributed by atoms with Gasteiger partial charge in [0.2, 0.25) is 3.79 Å². The summed E-state index contributed by atoms with van der Waals surface area (Å²) in [6, 6.07) is 15.3. The second-order valence-corrected chi connectivity index (χ2v) is 30.3. The Hall–Kier alpha value is -2.68. The van der Waals surface area contributed by atoms with Crippen LogP contribution in [0, 0.1) is 0 Å². The van der Waals surface area contributed by atoms with Crippen LogP contribution in [-0.2, 0) is 9.16 Å². The molecule has 5 rings (SSSR count). The summed E-state index contributed by atoms with van der Waals surface area (Å²) in [7, 11) is -1.98. The molecule has 0 radical (unpaired) electrons. The second kappa shape index (κ2) is 16.5. The maximum Gasteiger partial charge on any atom is 0.416 e. The van der Waals surface area contributed by atoms with Gasteiger partial charge in [0.05, 0.1) is 31.5 Å². The molecular formula is C42H59Cl3N2O7Si2. The largest absolute Gasteiger partial charge is 0.540 e. The summed E-state index contributed by atoms with van der Waals surface area (Å²) in [6.07, 6.45) is -1.21. The van der Waals surface area contributed by atoms with E-state index in [0.717, 1.165) is 22.1 Å². The minimum atomic E-state index is -2.65. The lowest BCUT2D eigenvalue weighted by Crippen LogP contribution is -2.58. The lowest BCUT2D eigenvalue weighted by Gasteiger charge is -2.44. The number of anilines is 1. The highest BCUT2D eigenvalue weighted by Gasteiger charge is 2.53. The Bertz CT molecular complexity index is 1910. The van der Waals surface area contributed by atoms with Crippen molar-refractivity contribution in [1.29, 1.82) is 0 Å². The number of carbonyl (C=O) groups excluding carboxylic acids is 2. The average Bonchev–Trinajstić information content (AvgIpc) is 3.53. The SMILES string of the molecule is COc1ccc2cc(C3C[C@H]4C(O[Si](C)(C)C(C)(C)C)N(C(=O)OCC(Cl)(Cl)Cl)c5cc(O[Si](C(C)C)(C(C)C)C(C)C)c(OC)cc5C(=O)N4C3)ccc2c1. The van der Waals surface area contributed by atoms with E-state index in [1.54, 1.807) is 26.4 Å². The summed E-state index contributed by atoms with van der Waals surface area (Å²) in [4.78, 5) is 33.1. The van der Waals surface area contributed by atoms with E-state index in [1.165, 1.54) is 4.90 Å². The van der Waals surface area contributed by atoms with E-state index in [1.807, 2.05) is 23.1 Å². The first kappa shape index (κ1) is 44.4. The number of benzene rings is 3. The van der Waals surface area contributed by atoms with E-state index >= 15 is 4.79 Å². The minimum Gasteiger partial charge on any atom is -0.540 e. The van der Waals surface area contributed by atoms with E-state index in [0.29, 0.717) is 30.2 Å². The van der Waals surface area contributed by atoms with Gasteiger partial charge in [-0.15, -0.1) is 0 Å². The number of halogens is 3. The van der Waals surface area contributed by atoms with Gasteiger partial charge in [0.25, 0.3) is 14.2 Å². The number of amides is 2. The van der Waals surface area contributed by atoms with Crippen LogP contribution in [-0.4, -0.2) is 77.0 Å². The molecule has 3 aromatic carbocycles. The number of fused-ring (bicyclic) bond motifs is 3. The Morgan fingerprint density at radius 2 is 1.46 bits per heavy atom. The number of ether oxygens (including phenoxy) is 3. The van der Waals surface area contributed by atoms with Crippen LogP contribution >= 0.6 is 34.8 Å². The number of alkyl halides is 3. The number of hydrogen-bond acceptors (Lipinski definition) is 7. The minimum absolute atomic E-state index is 0.0548. The second-order valence-electron chi connectivity index (χ2n) is 17.7. The molecule has 9 nitrogen and oxygen atoms in total. The average molecular weight is 866 g/mol. The van der Waals surface area contributed by atoms with Crippen LogP contribution in [0.15, 0.2) is 48.5 Å². The molecule has 0 aliphatic carbocycles. The van der Waals surface area contributed by atoms with Crippen molar-refractivity contribution < 1.29 is 32.7 Å². The van der Waals surface area contributed by atoms with Crippen molar-refractivity contribution in [3.63, 3.8) is 0 Å². The molecule has 0 bridgehead atoms. The quantitative estimate of drug-likeness (QED) is 0.140. The van der Waals surface area contributed by atoms with Crippen LogP contribution in [0.5, 0.6) is 17.2 Å². The third kappa shape index (κ3) is 8.69. The number of methoxy groups -OCH3 is 2. The predicted octanol–water partition coefficient (Wildman–Crippen LogP) is 12.1. The van der Waals surface area contributed by atoms with Crippen molar-refractivity contribution in [3.8, 4) is 17.2 Å². The maximum absolute atomic E-state index is 15.1. The summed E-state index contributed by atoms with van der Waals surface area (Å²) in [5, 5.41) is 1.87. The summed E-state index contributed by atoms with van der Waals surface area (Å²) in [6.45, 7) is 23.8. The first-order chi connectivity index (χ1) is 25.9. The maximum atomic E-state index is 15.1. The Morgan fingerprint density at radius 1 is 0.857 bits per heavy atom. The van der Waals surface area contributed by atoms with Crippen LogP contribution in [0.3, 0.4) is 0 Å². The molecule has 2 aliphatic heterocycles. The van der Waals surface area contributed by atoms with Crippen molar-refractivity contribution in [2.24, 2.45) is 0 Å². The first-order valence-corrected chi connectivity index (χ1v) is 25.6. The standard InChI is InChI=1S/C42H59Cl3N2O7Si2/c1-25(2)56(26(3)4,27(5)6)53-37-22-34-33(21-36(37)51-11)38(48)46-23-31(29-14-15-30-19-32(50-10)17-16-28(30)18-29)20-35(46)39(54-55(12,13)41(7,8)9)47(34)40(49)52-24-42(43,44)45/h14-19,21-22,25-27,31,35,39H,20,23-24H2,1-13H3/t31?,35-,39?/m0/s1. The van der Waals surface area contributed by atoms with Crippen molar-refractivity contribution >= 4 is 79.9 Å². The molecule has 0 N–H and O–H groups in total. The fourth-order valence-electron chi connectivity index (χ4n) is 8.43. The highest BCUT2D eigenvalue weighted by Crippen LogP contribution is 2.50. The smallest absolute Gasteiger partial charge is 0.416 e. The summed E-state index contributed by atoms with van der Waals surface area (Å²) < 4.78 is 29.9. The Balaban J connectivity index is 1.74. The molecular weight excluding hydrogens is 807 g/mol. The fourth-order valence-corrected chi connectivity index (χ4v) is 15.1. The zero-order chi connectivity index (χ0) is 41.7. The number of hydrogen-bond donors (Lipinski definition) is 0. The summed E-state index contributed by atoms with van der Waals surface area (Å²) in [5.41, 5.74) is 2.38. The molecule has 2 unspecified atom stereocenters. The van der Waals surface area contributed by atoms with Crippen molar-refractivity contribution in [1.82, 2.24) is 4.90 Å². The first-order valence-electron chi connectivity index (χ1n) is 19.5. The Morgan fingerprint density at radius 3 is 2.02 bits per heavy atom. The molecule has 0 saturated carbocycles. The highest BCUT2D eigenvalue weighted by molar-refractivity contribution is 6.78. The molecule has 56 heavy (non-hydrogen) atoms. The molecule has 0 aromatic heterocycles. The molecule has 0 spiro atoms. The lowest BCUT2D eigenvalue weighted by molar-refractivity contribution is 0.0524. The molecule has 2 aliphatic rings. The number of rotatable bonds is 11. The molecule has 2 amide bonds. The van der Waals surface area contributed by atoms with Crippen molar-refractivity contribution in [3.05, 3.63) is 59.7 Å². The van der Waals surface area contributed by atoms with Gasteiger partial charge in [-0.05, 0) is 75.7 Å². The molecule has 1 fully saturated rings. The fraction of sp³-hybridized carbons (Fsp3) is 0.571. The molecule has 14 heteroatoms. The van der Waals surface area contributed by atoms with Gasteiger partial charge in [-0.25, -0.2) is 9.69 Å². The van der Waals surface area contributed by atoms with Crippen molar-refractivity contribution in [2.45, 2.75) is 125 Å². The van der Waals surface area contributed by atoms with Gasteiger partial charge < -0.3 is 28.0 Å². The Kier molecular flexibility index (Phi) is 13.1. The van der Waals surface area contributed by atoms with Gasteiger partial charge in [-0.1, -0.05) is 121 Å². The van der Waals surface area contributed by atoms with Crippen LogP contribution in [0.1, 0.15) is 90.6 Å². The van der Waals surface area contributed by atoms with E-state index < -0.39 is 45.4 Å². The highest BCUT2D eigenvalue weighted by atomic mass is 35.6. The molecule has 308 valence electrons. The van der Waals surface area contributed by atoms with Gasteiger partial charge in [0.1, 0.15) is 18.1 Å². The molecule has 3 aromatic rings. The van der Waals surface area contributed by atoms with Crippen LogP contribution in [0.4, 0.5) is 10.5 Å². The molecule has 3 atom stereocenters. The summed E-state index contributed by atoms with van der Waals surface area (Å²) >= 11 is 18.4. The van der Waals surface area contributed by atoms with Crippen LogP contribution in [0.2, 0.25) is 34.8 Å². The monoisotopic (exact) mass is 864 g/mol. The van der Waals surface area contributed by atoms with Crippen LogP contribution in [0.25, 0.3) is 10.8 Å².